The van der Waals surface area contributed by atoms with E-state index in [4.69, 9.17) is 14.6 Å². The van der Waals surface area contributed by atoms with Gasteiger partial charge in [-0.25, -0.2) is 4.39 Å². The molecule has 82 valence electrons. The fourth-order valence-electron chi connectivity index (χ4n) is 1.52. The molecular weight excluding hydrogens is 199 g/mol. The summed E-state index contributed by atoms with van der Waals surface area (Å²) in [6, 6.07) is 4.47. The minimum Gasteiger partial charge on any atom is -0.485 e. The third kappa shape index (κ3) is 2.46. The van der Waals surface area contributed by atoms with E-state index < -0.39 is 5.82 Å². The molecule has 1 unspecified atom stereocenters. The van der Waals surface area contributed by atoms with E-state index in [1.54, 1.807) is 12.1 Å². The molecular formula is C11H13FO3. The highest BCUT2D eigenvalue weighted by Crippen LogP contribution is 2.21. The molecule has 0 spiro atoms. The summed E-state index contributed by atoms with van der Waals surface area (Å²) >= 11 is 0. The van der Waals surface area contributed by atoms with Gasteiger partial charge in [-0.3, -0.25) is 0 Å². The van der Waals surface area contributed by atoms with Crippen LogP contribution in [0.5, 0.6) is 5.75 Å². The molecule has 0 aliphatic carbocycles. The average molecular weight is 212 g/mol. The fourth-order valence-corrected chi connectivity index (χ4v) is 1.52. The lowest BCUT2D eigenvalue weighted by molar-refractivity contribution is 0.138. The van der Waals surface area contributed by atoms with Crippen molar-refractivity contribution in [2.24, 2.45) is 0 Å². The van der Waals surface area contributed by atoms with Crippen molar-refractivity contribution in [3.05, 3.63) is 29.6 Å². The van der Waals surface area contributed by atoms with Gasteiger partial charge in [0.15, 0.2) is 11.6 Å². The molecule has 1 heterocycles. The van der Waals surface area contributed by atoms with Crippen molar-refractivity contribution < 1.29 is 19.0 Å². The van der Waals surface area contributed by atoms with Crippen molar-refractivity contribution in [2.75, 3.05) is 13.2 Å². The average Bonchev–Trinajstić information content (AvgIpc) is 2.74. The molecule has 0 radical (unpaired) electrons. The summed E-state index contributed by atoms with van der Waals surface area (Å²) in [6.45, 7) is 1.02. The van der Waals surface area contributed by atoms with Gasteiger partial charge in [-0.2, -0.15) is 0 Å². The van der Waals surface area contributed by atoms with Crippen LogP contribution < -0.4 is 4.74 Å². The third-order valence-electron chi connectivity index (χ3n) is 2.36. The summed E-state index contributed by atoms with van der Waals surface area (Å²) < 4.78 is 24.0. The molecule has 1 fully saturated rings. The summed E-state index contributed by atoms with van der Waals surface area (Å²) in [5.41, 5.74) is 0.544. The predicted octanol–water partition coefficient (Wildman–Crippen LogP) is 1.49. The van der Waals surface area contributed by atoms with Crippen molar-refractivity contribution in [1.82, 2.24) is 0 Å². The lowest BCUT2D eigenvalue weighted by atomic mass is 10.2. The molecule has 0 aromatic heterocycles. The first-order valence-electron chi connectivity index (χ1n) is 4.93. The molecule has 1 N–H and O–H groups in total. The van der Waals surface area contributed by atoms with Gasteiger partial charge in [0.25, 0.3) is 0 Å². The smallest absolute Gasteiger partial charge is 0.165 e. The Hall–Kier alpha value is -1.13. The molecule has 4 heteroatoms. The van der Waals surface area contributed by atoms with Crippen LogP contribution >= 0.6 is 0 Å². The van der Waals surface area contributed by atoms with Gasteiger partial charge < -0.3 is 14.6 Å². The molecule has 0 amide bonds. The Morgan fingerprint density at radius 2 is 2.40 bits per heavy atom. The van der Waals surface area contributed by atoms with Crippen LogP contribution in [0.3, 0.4) is 0 Å². The highest BCUT2D eigenvalue weighted by Gasteiger charge is 2.18. The summed E-state index contributed by atoms with van der Waals surface area (Å²) in [5.74, 6) is -0.212. The van der Waals surface area contributed by atoms with E-state index in [0.29, 0.717) is 18.8 Å². The number of hydrogen-bond acceptors (Lipinski definition) is 3. The van der Waals surface area contributed by atoms with Crippen molar-refractivity contribution in [3.8, 4) is 5.75 Å². The van der Waals surface area contributed by atoms with Gasteiger partial charge in [0.05, 0.1) is 19.8 Å². The molecule has 1 aliphatic rings. The largest absolute Gasteiger partial charge is 0.485 e. The van der Waals surface area contributed by atoms with E-state index in [0.717, 1.165) is 6.42 Å². The first kappa shape index (κ1) is 10.4. The number of aliphatic hydroxyl groups excluding tert-OH is 1. The van der Waals surface area contributed by atoms with E-state index in [1.165, 1.54) is 6.07 Å². The second-order valence-electron chi connectivity index (χ2n) is 3.53. The van der Waals surface area contributed by atoms with E-state index >= 15 is 0 Å². The quantitative estimate of drug-likeness (QED) is 0.824. The van der Waals surface area contributed by atoms with Gasteiger partial charge in [0.2, 0.25) is 0 Å². The van der Waals surface area contributed by atoms with Crippen LogP contribution in [0.4, 0.5) is 4.39 Å². The number of halogens is 1. The Morgan fingerprint density at radius 1 is 1.53 bits per heavy atom. The lowest BCUT2D eigenvalue weighted by Crippen LogP contribution is -2.16. The zero-order valence-corrected chi connectivity index (χ0v) is 8.28. The monoisotopic (exact) mass is 212 g/mol. The summed E-state index contributed by atoms with van der Waals surface area (Å²) in [4.78, 5) is 0. The Morgan fingerprint density at radius 3 is 3.00 bits per heavy atom. The Labute approximate surface area is 87.4 Å². The van der Waals surface area contributed by atoms with Crippen LogP contribution in [0.1, 0.15) is 12.0 Å². The van der Waals surface area contributed by atoms with Crippen LogP contribution in [0.15, 0.2) is 18.2 Å². The molecule has 1 saturated heterocycles. The van der Waals surface area contributed by atoms with Crippen LogP contribution in [-0.2, 0) is 11.3 Å². The molecule has 3 nitrogen and oxygen atoms in total. The van der Waals surface area contributed by atoms with Crippen LogP contribution in [-0.4, -0.2) is 24.4 Å². The normalized spacial score (nSPS) is 20.5. The van der Waals surface area contributed by atoms with Gasteiger partial charge in [-0.1, -0.05) is 6.07 Å². The van der Waals surface area contributed by atoms with Gasteiger partial charge in [-0.15, -0.1) is 0 Å². The highest BCUT2D eigenvalue weighted by atomic mass is 19.1. The van der Waals surface area contributed by atoms with Crippen molar-refractivity contribution in [1.29, 1.82) is 0 Å². The van der Waals surface area contributed by atoms with E-state index in [-0.39, 0.29) is 18.5 Å². The van der Waals surface area contributed by atoms with Crippen LogP contribution in [0.2, 0.25) is 0 Å². The zero-order chi connectivity index (χ0) is 10.7. The second kappa shape index (κ2) is 4.59. The minimum absolute atomic E-state index is 0.0560. The molecule has 0 bridgehead atoms. The number of aliphatic hydroxyl groups is 1. The second-order valence-corrected chi connectivity index (χ2v) is 3.53. The maximum atomic E-state index is 13.4. The van der Waals surface area contributed by atoms with Crippen molar-refractivity contribution in [2.45, 2.75) is 19.1 Å². The Bertz CT molecular complexity index is 335. The molecule has 1 aromatic rings. The lowest BCUT2D eigenvalue weighted by Gasteiger charge is -2.12. The standard InChI is InChI=1S/C11H13FO3/c12-10-5-8(6-13)1-2-11(10)15-9-3-4-14-7-9/h1-2,5,9,13H,3-4,6-7H2. The van der Waals surface area contributed by atoms with Gasteiger partial charge >= 0.3 is 0 Å². The molecule has 1 aromatic carbocycles. The van der Waals surface area contributed by atoms with Crippen LogP contribution in [0, 0.1) is 5.82 Å². The van der Waals surface area contributed by atoms with Gasteiger partial charge in [0, 0.05) is 6.42 Å². The van der Waals surface area contributed by atoms with E-state index in [9.17, 15) is 4.39 Å². The zero-order valence-electron chi connectivity index (χ0n) is 8.28. The maximum Gasteiger partial charge on any atom is 0.165 e. The topological polar surface area (TPSA) is 38.7 Å². The van der Waals surface area contributed by atoms with Gasteiger partial charge in [0.1, 0.15) is 6.10 Å². The summed E-state index contributed by atoms with van der Waals surface area (Å²) in [5, 5.41) is 8.81. The van der Waals surface area contributed by atoms with Crippen molar-refractivity contribution >= 4 is 0 Å². The number of rotatable bonds is 3. The Balaban J connectivity index is 2.07. The van der Waals surface area contributed by atoms with E-state index in [1.807, 2.05) is 0 Å². The molecule has 2 rings (SSSR count). The first-order chi connectivity index (χ1) is 7.29. The molecule has 15 heavy (non-hydrogen) atoms. The van der Waals surface area contributed by atoms with Crippen molar-refractivity contribution in [3.63, 3.8) is 0 Å². The molecule has 1 atom stereocenters. The molecule has 1 aliphatic heterocycles. The summed E-state index contributed by atoms with van der Waals surface area (Å²) in [6.07, 6.45) is 0.737. The predicted molar refractivity (Wildman–Crippen MR) is 52.2 cm³/mol. The fraction of sp³-hybridized carbons (Fsp3) is 0.455. The number of ether oxygens (including phenoxy) is 2. The maximum absolute atomic E-state index is 13.4. The minimum atomic E-state index is -0.437. The summed E-state index contributed by atoms with van der Waals surface area (Å²) in [7, 11) is 0. The van der Waals surface area contributed by atoms with Gasteiger partial charge in [-0.05, 0) is 17.7 Å². The molecule has 0 saturated carbocycles. The number of hydrogen-bond donors (Lipinski definition) is 1. The highest BCUT2D eigenvalue weighted by molar-refractivity contribution is 5.29. The number of benzene rings is 1. The SMILES string of the molecule is OCc1ccc(OC2CCOC2)c(F)c1. The third-order valence-corrected chi connectivity index (χ3v) is 2.36. The Kier molecular flexibility index (Phi) is 3.18. The van der Waals surface area contributed by atoms with E-state index in [2.05, 4.69) is 0 Å². The van der Waals surface area contributed by atoms with Crippen LogP contribution in [0.25, 0.3) is 0 Å². The first-order valence-corrected chi connectivity index (χ1v) is 4.93.